The van der Waals surface area contributed by atoms with Crippen LogP contribution in [-0.4, -0.2) is 19.0 Å². The second-order valence-electron chi connectivity index (χ2n) is 4.67. The summed E-state index contributed by atoms with van der Waals surface area (Å²) in [5.74, 6) is -0.640. The van der Waals surface area contributed by atoms with Crippen LogP contribution >= 0.6 is 11.3 Å². The fourth-order valence-corrected chi connectivity index (χ4v) is 2.70. The number of rotatable bonds is 7. The molecule has 0 saturated heterocycles. The second-order valence-corrected chi connectivity index (χ2v) is 5.71. The van der Waals surface area contributed by atoms with Gasteiger partial charge >= 0.3 is 0 Å². The number of halogens is 1. The highest BCUT2D eigenvalue weighted by atomic mass is 32.1. The summed E-state index contributed by atoms with van der Waals surface area (Å²) in [7, 11) is 0. The van der Waals surface area contributed by atoms with Crippen molar-refractivity contribution >= 4 is 22.9 Å². The normalized spacial score (nSPS) is 10.4. The molecule has 1 aromatic heterocycles. The minimum absolute atomic E-state index is 0.246. The average molecular weight is 306 g/mol. The second kappa shape index (κ2) is 7.78. The average Bonchev–Trinajstić information content (AvgIpc) is 2.99. The summed E-state index contributed by atoms with van der Waals surface area (Å²) in [6.45, 7) is 3.17. The summed E-state index contributed by atoms with van der Waals surface area (Å²) in [5, 5.41) is 7.84. The number of hydrogen-bond acceptors (Lipinski definition) is 3. The van der Waals surface area contributed by atoms with Crippen LogP contribution in [0.4, 0.5) is 10.1 Å². The fraction of sp³-hybridized carbons (Fsp3) is 0.312. The lowest BCUT2D eigenvalue weighted by molar-refractivity contribution is 0.0954. The Morgan fingerprint density at radius 2 is 2.10 bits per heavy atom. The van der Waals surface area contributed by atoms with E-state index in [1.54, 1.807) is 23.5 Å². The van der Waals surface area contributed by atoms with E-state index < -0.39 is 5.82 Å². The summed E-state index contributed by atoms with van der Waals surface area (Å²) in [5.41, 5.74) is 0.641. The van der Waals surface area contributed by atoms with Crippen LogP contribution in [0.5, 0.6) is 0 Å². The monoisotopic (exact) mass is 306 g/mol. The van der Waals surface area contributed by atoms with Crippen LogP contribution in [0.1, 0.15) is 28.6 Å². The lowest BCUT2D eigenvalue weighted by atomic mass is 10.1. The highest BCUT2D eigenvalue weighted by Gasteiger charge is 2.14. The Bertz CT molecular complexity index is 584. The molecule has 0 spiro atoms. The number of nitrogens with one attached hydrogen (secondary N) is 2. The quantitative estimate of drug-likeness (QED) is 0.819. The molecule has 0 radical (unpaired) electrons. The van der Waals surface area contributed by atoms with Crippen molar-refractivity contribution < 1.29 is 9.18 Å². The summed E-state index contributed by atoms with van der Waals surface area (Å²) in [4.78, 5) is 13.4. The first kappa shape index (κ1) is 15.5. The van der Waals surface area contributed by atoms with Gasteiger partial charge in [-0.2, -0.15) is 0 Å². The molecule has 0 unspecified atom stereocenters. The predicted octanol–water partition coefficient (Wildman–Crippen LogP) is 3.68. The third kappa shape index (κ3) is 4.29. The van der Waals surface area contributed by atoms with E-state index in [0.29, 0.717) is 18.7 Å². The first-order valence-corrected chi connectivity index (χ1v) is 7.93. The van der Waals surface area contributed by atoms with E-state index in [0.717, 1.165) is 12.8 Å². The molecule has 0 aliphatic rings. The number of anilines is 1. The Hall–Kier alpha value is -1.88. The predicted molar refractivity (Wildman–Crippen MR) is 85.5 cm³/mol. The lowest BCUT2D eigenvalue weighted by Crippen LogP contribution is -2.26. The minimum atomic E-state index is -0.394. The molecule has 1 amide bonds. The van der Waals surface area contributed by atoms with Gasteiger partial charge in [0.2, 0.25) is 0 Å². The van der Waals surface area contributed by atoms with Crippen LogP contribution in [0.15, 0.2) is 35.7 Å². The Balaban J connectivity index is 1.99. The molecule has 0 aliphatic carbocycles. The molecule has 3 nitrogen and oxygen atoms in total. The minimum Gasteiger partial charge on any atom is -0.382 e. The number of carbonyl (C=O) groups is 1. The third-order valence-corrected chi connectivity index (χ3v) is 3.98. The van der Waals surface area contributed by atoms with Gasteiger partial charge in [0.05, 0.1) is 11.3 Å². The van der Waals surface area contributed by atoms with E-state index in [4.69, 9.17) is 0 Å². The number of amides is 1. The van der Waals surface area contributed by atoms with Gasteiger partial charge in [-0.15, -0.1) is 11.3 Å². The van der Waals surface area contributed by atoms with Crippen molar-refractivity contribution in [3.63, 3.8) is 0 Å². The Kier molecular flexibility index (Phi) is 5.75. The highest BCUT2D eigenvalue weighted by Crippen LogP contribution is 2.20. The van der Waals surface area contributed by atoms with Crippen molar-refractivity contribution in [2.24, 2.45) is 0 Å². The first-order valence-electron chi connectivity index (χ1n) is 7.05. The summed E-state index contributed by atoms with van der Waals surface area (Å²) < 4.78 is 13.8. The van der Waals surface area contributed by atoms with Crippen molar-refractivity contribution in [1.82, 2.24) is 5.32 Å². The molecule has 2 aromatic rings. The van der Waals surface area contributed by atoms with Crippen molar-refractivity contribution in [2.75, 3.05) is 18.4 Å². The van der Waals surface area contributed by atoms with Gasteiger partial charge in [-0.1, -0.05) is 19.1 Å². The van der Waals surface area contributed by atoms with Gasteiger partial charge in [0.25, 0.3) is 5.91 Å². The standard InChI is InChI=1S/C16H19FN2OS/c1-2-9-18-15-13(6-3-7-14(15)17)16(20)19-10-8-12-5-4-11-21-12/h3-7,11,18H,2,8-10H2,1H3,(H,19,20). The van der Waals surface area contributed by atoms with Crippen LogP contribution in [0.25, 0.3) is 0 Å². The summed E-state index contributed by atoms with van der Waals surface area (Å²) in [6, 6.07) is 8.58. The number of hydrogen-bond donors (Lipinski definition) is 2. The topological polar surface area (TPSA) is 41.1 Å². The zero-order valence-corrected chi connectivity index (χ0v) is 12.8. The van der Waals surface area contributed by atoms with Crippen LogP contribution < -0.4 is 10.6 Å². The molecule has 21 heavy (non-hydrogen) atoms. The first-order chi connectivity index (χ1) is 10.2. The summed E-state index contributed by atoms with van der Waals surface area (Å²) in [6.07, 6.45) is 1.66. The van der Waals surface area contributed by atoms with Crippen molar-refractivity contribution in [1.29, 1.82) is 0 Å². The van der Waals surface area contributed by atoms with Crippen LogP contribution in [0, 0.1) is 5.82 Å². The van der Waals surface area contributed by atoms with E-state index in [1.807, 2.05) is 24.4 Å². The van der Waals surface area contributed by atoms with Gasteiger partial charge in [0, 0.05) is 18.0 Å². The van der Waals surface area contributed by atoms with Crippen LogP contribution in [0.3, 0.4) is 0 Å². The third-order valence-electron chi connectivity index (χ3n) is 3.05. The molecular weight excluding hydrogens is 287 g/mol. The molecule has 2 N–H and O–H groups in total. The fourth-order valence-electron chi connectivity index (χ4n) is 1.99. The molecule has 112 valence electrons. The largest absolute Gasteiger partial charge is 0.382 e. The summed E-state index contributed by atoms with van der Waals surface area (Å²) >= 11 is 1.66. The van der Waals surface area contributed by atoms with E-state index >= 15 is 0 Å². The zero-order chi connectivity index (χ0) is 15.1. The van der Waals surface area contributed by atoms with E-state index in [-0.39, 0.29) is 11.6 Å². The van der Waals surface area contributed by atoms with Crippen molar-refractivity contribution in [3.05, 3.63) is 52.0 Å². The number of thiophene rings is 1. The Morgan fingerprint density at radius 3 is 2.81 bits per heavy atom. The van der Waals surface area contributed by atoms with Gasteiger partial charge in [-0.25, -0.2) is 4.39 Å². The van der Waals surface area contributed by atoms with Crippen molar-refractivity contribution in [3.8, 4) is 0 Å². The maximum atomic E-state index is 13.8. The van der Waals surface area contributed by atoms with Crippen LogP contribution in [0.2, 0.25) is 0 Å². The Morgan fingerprint density at radius 1 is 1.24 bits per heavy atom. The van der Waals surface area contributed by atoms with Gasteiger partial charge in [0.15, 0.2) is 0 Å². The molecule has 0 aliphatic heterocycles. The molecule has 5 heteroatoms. The maximum absolute atomic E-state index is 13.8. The molecule has 0 saturated carbocycles. The number of para-hydroxylation sites is 1. The van der Waals surface area contributed by atoms with Gasteiger partial charge in [-0.05, 0) is 36.4 Å². The SMILES string of the molecule is CCCNc1c(F)cccc1C(=O)NCCc1cccs1. The Labute approximate surface area is 128 Å². The smallest absolute Gasteiger partial charge is 0.253 e. The molecule has 1 heterocycles. The number of benzene rings is 1. The van der Waals surface area contributed by atoms with Gasteiger partial charge in [0.1, 0.15) is 5.82 Å². The number of carbonyl (C=O) groups excluding carboxylic acids is 1. The molecule has 0 bridgehead atoms. The molecule has 1 aromatic carbocycles. The zero-order valence-electron chi connectivity index (χ0n) is 12.0. The highest BCUT2D eigenvalue weighted by molar-refractivity contribution is 7.09. The van der Waals surface area contributed by atoms with E-state index in [1.165, 1.54) is 10.9 Å². The molecule has 0 fully saturated rings. The maximum Gasteiger partial charge on any atom is 0.253 e. The molecule has 0 atom stereocenters. The molecule has 2 rings (SSSR count). The van der Waals surface area contributed by atoms with Crippen molar-refractivity contribution in [2.45, 2.75) is 19.8 Å². The van der Waals surface area contributed by atoms with Crippen LogP contribution in [-0.2, 0) is 6.42 Å². The lowest BCUT2D eigenvalue weighted by Gasteiger charge is -2.12. The van der Waals surface area contributed by atoms with Gasteiger partial charge < -0.3 is 10.6 Å². The van der Waals surface area contributed by atoms with E-state index in [9.17, 15) is 9.18 Å². The van der Waals surface area contributed by atoms with E-state index in [2.05, 4.69) is 10.6 Å². The molecular formula is C16H19FN2OS. The van der Waals surface area contributed by atoms with Gasteiger partial charge in [-0.3, -0.25) is 4.79 Å².